The molecule has 10 heteroatoms. The molecule has 0 aliphatic carbocycles. The summed E-state index contributed by atoms with van der Waals surface area (Å²) in [5.74, 6) is 0.424. The summed E-state index contributed by atoms with van der Waals surface area (Å²) >= 11 is 5.26. The number of carbonyl (C=O) groups is 2. The highest BCUT2D eigenvalue weighted by atomic mass is 32.1. The Morgan fingerprint density at radius 3 is 2.32 bits per heavy atom. The highest BCUT2D eigenvalue weighted by Crippen LogP contribution is 2.30. The fourth-order valence-electron chi connectivity index (χ4n) is 3.78. The topological polar surface area (TPSA) is 120 Å². The Kier molecular flexibility index (Phi) is 6.62. The lowest BCUT2D eigenvalue weighted by Gasteiger charge is -2.28. The average Bonchev–Trinajstić information content (AvgIpc) is 3.37. The van der Waals surface area contributed by atoms with Crippen molar-refractivity contribution in [3.63, 3.8) is 0 Å². The summed E-state index contributed by atoms with van der Waals surface area (Å²) < 4.78 is 11.5. The van der Waals surface area contributed by atoms with E-state index in [9.17, 15) is 20.0 Å². The lowest BCUT2D eigenvalue weighted by atomic mass is 10.1. The molecule has 184 valence electrons. The maximum absolute atomic E-state index is 13.3. The Morgan fingerprint density at radius 2 is 1.59 bits per heavy atom. The fraction of sp³-hybridized carbons (Fsp3) is 0. The summed E-state index contributed by atoms with van der Waals surface area (Å²) in [6.45, 7) is 0. The third-order valence-corrected chi connectivity index (χ3v) is 5.80. The molecule has 37 heavy (non-hydrogen) atoms. The van der Waals surface area contributed by atoms with E-state index >= 15 is 0 Å². The molecule has 0 radical (unpaired) electrons. The molecule has 4 aromatic rings. The number of rotatable bonds is 6. The van der Waals surface area contributed by atoms with E-state index in [1.165, 1.54) is 17.0 Å². The standard InChI is InChI=1S/C27H19N3O6S/c31-25-22(16-20-14-15-24(36-20)21-8-4-5-9-23(21)30(33)34)26(32)29(27(37)28-25)17-10-12-19(13-11-17)35-18-6-2-1-3-7-18/h1-16,30,33H,(H,28,31,37)/b22-16+. The van der Waals surface area contributed by atoms with Crippen molar-refractivity contribution in [1.29, 1.82) is 0 Å². The van der Waals surface area contributed by atoms with E-state index < -0.39 is 17.0 Å². The van der Waals surface area contributed by atoms with Gasteiger partial charge in [-0.15, -0.1) is 0 Å². The Hall–Kier alpha value is -4.61. The quantitative estimate of drug-likeness (QED) is 0.154. The number of hydrogen-bond acceptors (Lipinski definition) is 7. The maximum Gasteiger partial charge on any atom is 0.270 e. The number of carbonyl (C=O) groups excluding carboxylic acids is 2. The van der Waals surface area contributed by atoms with Gasteiger partial charge >= 0.3 is 0 Å². The summed E-state index contributed by atoms with van der Waals surface area (Å²) in [6, 6.07) is 25.5. The van der Waals surface area contributed by atoms with Gasteiger partial charge in [-0.25, -0.2) is 5.21 Å². The van der Waals surface area contributed by atoms with Crippen LogP contribution < -0.4 is 20.2 Å². The van der Waals surface area contributed by atoms with Gasteiger partial charge in [-0.3, -0.25) is 19.8 Å². The van der Waals surface area contributed by atoms with Crippen molar-refractivity contribution in [2.24, 2.45) is 0 Å². The molecule has 1 aliphatic heterocycles. The summed E-state index contributed by atoms with van der Waals surface area (Å²) in [5, 5.41) is 22.4. The number of nitrogens with one attached hydrogen (secondary N) is 2. The van der Waals surface area contributed by atoms with E-state index in [0.29, 0.717) is 22.7 Å². The number of thiocarbonyl (C=S) groups is 1. The zero-order valence-electron chi connectivity index (χ0n) is 19.1. The first-order valence-corrected chi connectivity index (χ1v) is 11.5. The van der Waals surface area contributed by atoms with Crippen molar-refractivity contribution in [3.05, 3.63) is 108 Å². The van der Waals surface area contributed by atoms with E-state index in [-0.39, 0.29) is 27.9 Å². The second kappa shape index (κ2) is 10.2. The number of amides is 2. The number of hydrogen-bond donors (Lipinski definition) is 3. The number of nitrogens with zero attached hydrogens (tertiary/aromatic N) is 1. The lowest BCUT2D eigenvalue weighted by Crippen LogP contribution is -2.99. The number of anilines is 1. The van der Waals surface area contributed by atoms with Gasteiger partial charge in [0.25, 0.3) is 11.8 Å². The molecule has 2 amide bonds. The predicted molar refractivity (Wildman–Crippen MR) is 139 cm³/mol. The molecular weight excluding hydrogens is 494 g/mol. The highest BCUT2D eigenvalue weighted by Gasteiger charge is 2.34. The van der Waals surface area contributed by atoms with Crippen LogP contribution in [-0.4, -0.2) is 22.1 Å². The number of benzene rings is 3. The molecule has 9 nitrogen and oxygen atoms in total. The van der Waals surface area contributed by atoms with Gasteiger partial charge in [0.2, 0.25) is 0 Å². The summed E-state index contributed by atoms with van der Waals surface area (Å²) in [7, 11) is 0. The molecule has 1 atom stereocenters. The third kappa shape index (κ3) is 5.03. The van der Waals surface area contributed by atoms with E-state index in [1.807, 2.05) is 30.3 Å². The van der Waals surface area contributed by atoms with Crippen molar-refractivity contribution >= 4 is 46.6 Å². The van der Waals surface area contributed by atoms with Crippen LogP contribution in [0.15, 0.2) is 101 Å². The Bertz CT molecular complexity index is 1510. The van der Waals surface area contributed by atoms with Crippen LogP contribution in [-0.2, 0) is 9.59 Å². The normalized spacial score (nSPS) is 15.6. The molecule has 0 bridgehead atoms. The van der Waals surface area contributed by atoms with Crippen LogP contribution in [0, 0.1) is 5.21 Å². The zero-order chi connectivity index (χ0) is 25.9. The van der Waals surface area contributed by atoms with Crippen molar-refractivity contribution in [2.75, 3.05) is 4.90 Å². The van der Waals surface area contributed by atoms with Crippen LogP contribution >= 0.6 is 12.2 Å². The molecule has 1 saturated heterocycles. The van der Waals surface area contributed by atoms with E-state index in [2.05, 4.69) is 5.32 Å². The van der Waals surface area contributed by atoms with Gasteiger partial charge in [-0.1, -0.05) is 30.3 Å². The molecule has 3 N–H and O–H groups in total. The fourth-order valence-corrected chi connectivity index (χ4v) is 4.06. The van der Waals surface area contributed by atoms with Crippen LogP contribution in [0.3, 0.4) is 0 Å². The smallest absolute Gasteiger partial charge is 0.270 e. The minimum absolute atomic E-state index is 0.0561. The van der Waals surface area contributed by atoms with Gasteiger partial charge in [0.05, 0.1) is 11.3 Å². The molecule has 0 saturated carbocycles. The molecule has 1 unspecified atom stereocenters. The van der Waals surface area contributed by atoms with Gasteiger partial charge < -0.3 is 14.4 Å². The van der Waals surface area contributed by atoms with Gasteiger partial charge in [-0.05, 0) is 72.9 Å². The van der Waals surface area contributed by atoms with Gasteiger partial charge in [0, 0.05) is 6.07 Å². The molecule has 1 fully saturated rings. The summed E-state index contributed by atoms with van der Waals surface area (Å²) in [4.78, 5) is 27.1. The molecular formula is C27H19N3O6S. The third-order valence-electron chi connectivity index (χ3n) is 5.51. The molecule has 5 rings (SSSR count). The van der Waals surface area contributed by atoms with Gasteiger partial charge in [0.1, 0.15) is 28.6 Å². The minimum atomic E-state index is -1.10. The van der Waals surface area contributed by atoms with Crippen LogP contribution in [0.1, 0.15) is 5.76 Å². The second-order valence-electron chi connectivity index (χ2n) is 7.92. The second-order valence-corrected chi connectivity index (χ2v) is 8.31. The predicted octanol–water partition coefficient (Wildman–Crippen LogP) is 3.97. The number of para-hydroxylation sites is 2. The first kappa shape index (κ1) is 24.1. The Balaban J connectivity index is 1.40. The minimum Gasteiger partial charge on any atom is -0.595 e. The Labute approximate surface area is 216 Å². The summed E-state index contributed by atoms with van der Waals surface area (Å²) in [5.41, 5.74) is 0.695. The van der Waals surface area contributed by atoms with Crippen molar-refractivity contribution in [1.82, 2.24) is 5.32 Å². The van der Waals surface area contributed by atoms with Crippen molar-refractivity contribution in [3.8, 4) is 22.8 Å². The average molecular weight is 514 g/mol. The first-order chi connectivity index (χ1) is 17.9. The molecule has 3 aromatic carbocycles. The molecule has 0 spiro atoms. The molecule has 1 aliphatic rings. The van der Waals surface area contributed by atoms with Crippen molar-refractivity contribution in [2.45, 2.75) is 0 Å². The van der Waals surface area contributed by atoms with Gasteiger partial charge in [0.15, 0.2) is 10.8 Å². The highest BCUT2D eigenvalue weighted by molar-refractivity contribution is 7.80. The number of ether oxygens (including phenoxy) is 1. The largest absolute Gasteiger partial charge is 0.595 e. The van der Waals surface area contributed by atoms with E-state index in [4.69, 9.17) is 21.4 Å². The van der Waals surface area contributed by atoms with Crippen LogP contribution in [0.5, 0.6) is 11.5 Å². The monoisotopic (exact) mass is 513 g/mol. The summed E-state index contributed by atoms with van der Waals surface area (Å²) in [6.07, 6.45) is 1.30. The van der Waals surface area contributed by atoms with Crippen LogP contribution in [0.25, 0.3) is 17.4 Å². The molecule has 1 aromatic heterocycles. The number of quaternary nitrogens is 1. The van der Waals surface area contributed by atoms with E-state index in [1.54, 1.807) is 54.6 Å². The van der Waals surface area contributed by atoms with Crippen LogP contribution in [0.4, 0.5) is 11.4 Å². The van der Waals surface area contributed by atoms with Crippen molar-refractivity contribution < 1.29 is 29.2 Å². The van der Waals surface area contributed by atoms with E-state index in [0.717, 1.165) is 0 Å². The maximum atomic E-state index is 13.3. The Morgan fingerprint density at radius 1 is 0.919 bits per heavy atom. The number of furan rings is 1. The lowest BCUT2D eigenvalue weighted by molar-refractivity contribution is -0.991. The van der Waals surface area contributed by atoms with Crippen LogP contribution in [0.2, 0.25) is 0 Å². The zero-order valence-corrected chi connectivity index (χ0v) is 19.9. The SMILES string of the molecule is O=C1NC(=S)N(c2ccc(Oc3ccccc3)cc2)C(=O)/C1=C/c1ccc(-c2ccccc2[NH+]([O-])O)o1. The first-order valence-electron chi connectivity index (χ1n) is 11.1. The van der Waals surface area contributed by atoms with Gasteiger partial charge in [-0.2, -0.15) is 5.23 Å². The molecule has 2 heterocycles.